The molecule has 176 valence electrons. The van der Waals surface area contributed by atoms with Gasteiger partial charge in [-0.1, -0.05) is 41.4 Å². The number of allylic oxidation sites excluding steroid dienone is 1. The SMILES string of the molecule is CC(C)OC1=C(Cl)CC(Nc2ncc(CCC(=O)ON)c(=O)n2Cc2ccc(Cl)cc2)C=C1. The molecule has 10 heteroatoms. The zero-order chi connectivity index (χ0) is 24.0. The molecule has 33 heavy (non-hydrogen) atoms. The predicted molar refractivity (Wildman–Crippen MR) is 128 cm³/mol. The summed E-state index contributed by atoms with van der Waals surface area (Å²) in [6.07, 6.45) is 5.84. The second-order valence-corrected chi connectivity index (χ2v) is 8.76. The fraction of sp³-hybridized carbons (Fsp3) is 0.348. The lowest BCUT2D eigenvalue weighted by Crippen LogP contribution is -2.31. The normalized spacial score (nSPS) is 15.6. The van der Waals surface area contributed by atoms with Gasteiger partial charge in [-0.3, -0.25) is 14.2 Å². The van der Waals surface area contributed by atoms with E-state index in [1.54, 1.807) is 12.1 Å². The third-order valence-corrected chi connectivity index (χ3v) is 5.52. The Hall–Kier alpha value is -2.81. The number of rotatable bonds is 9. The molecule has 0 bridgehead atoms. The first kappa shape index (κ1) is 24.8. The van der Waals surface area contributed by atoms with Crippen LogP contribution in [0, 0.1) is 0 Å². The van der Waals surface area contributed by atoms with E-state index in [1.165, 1.54) is 10.8 Å². The fourth-order valence-corrected chi connectivity index (χ4v) is 3.71. The van der Waals surface area contributed by atoms with Gasteiger partial charge in [0.05, 0.1) is 30.1 Å². The monoisotopic (exact) mass is 492 g/mol. The van der Waals surface area contributed by atoms with E-state index in [4.69, 9.17) is 33.8 Å². The van der Waals surface area contributed by atoms with Gasteiger partial charge in [-0.05, 0) is 44.0 Å². The Bertz CT molecular complexity index is 1110. The summed E-state index contributed by atoms with van der Waals surface area (Å²) in [6, 6.07) is 7.01. The number of aromatic nitrogens is 2. The molecule has 2 aromatic rings. The molecule has 3 N–H and O–H groups in total. The predicted octanol–water partition coefficient (Wildman–Crippen LogP) is 3.91. The highest BCUT2D eigenvalue weighted by Crippen LogP contribution is 2.26. The number of ether oxygens (including phenoxy) is 1. The highest BCUT2D eigenvalue weighted by atomic mass is 35.5. The summed E-state index contributed by atoms with van der Waals surface area (Å²) in [4.78, 5) is 33.3. The molecule has 8 nitrogen and oxygen atoms in total. The third-order valence-electron chi connectivity index (χ3n) is 4.93. The molecule has 1 unspecified atom stereocenters. The van der Waals surface area contributed by atoms with Crippen LogP contribution in [0.2, 0.25) is 5.02 Å². The molecule has 1 aliphatic rings. The molecular formula is C23H26Cl2N4O4. The summed E-state index contributed by atoms with van der Waals surface area (Å²) in [5, 5.41) is 4.47. The van der Waals surface area contributed by atoms with Gasteiger partial charge in [-0.2, -0.15) is 5.90 Å². The molecule has 0 spiro atoms. The third kappa shape index (κ3) is 6.83. The minimum atomic E-state index is -0.603. The Morgan fingerprint density at radius 1 is 1.30 bits per heavy atom. The summed E-state index contributed by atoms with van der Waals surface area (Å²) in [5.74, 6) is 5.31. The molecule has 3 rings (SSSR count). The molecule has 0 saturated heterocycles. The molecule has 0 aliphatic heterocycles. The van der Waals surface area contributed by atoms with E-state index in [0.29, 0.717) is 33.7 Å². The number of carbonyl (C=O) groups is 1. The Kier molecular flexibility index (Phi) is 8.55. The second-order valence-electron chi connectivity index (χ2n) is 7.86. The largest absolute Gasteiger partial charge is 0.490 e. The van der Waals surface area contributed by atoms with Crippen LogP contribution in [0.25, 0.3) is 0 Å². The first-order chi connectivity index (χ1) is 15.8. The number of carbonyl (C=O) groups excluding carboxylic acids is 1. The van der Waals surface area contributed by atoms with E-state index < -0.39 is 5.97 Å². The topological polar surface area (TPSA) is 108 Å². The van der Waals surface area contributed by atoms with Crippen molar-refractivity contribution in [2.24, 2.45) is 5.90 Å². The average molecular weight is 493 g/mol. The maximum absolute atomic E-state index is 13.2. The van der Waals surface area contributed by atoms with E-state index in [0.717, 1.165) is 5.56 Å². The smallest absolute Gasteiger partial charge is 0.324 e. The van der Waals surface area contributed by atoms with E-state index in [-0.39, 0.29) is 37.1 Å². The zero-order valence-electron chi connectivity index (χ0n) is 18.4. The standard InChI is InChI=1S/C23H26Cl2N4O4/c1-14(2)32-20-9-8-18(11-19(20)25)28-23-27-12-16(5-10-21(30)33-26)22(31)29(23)13-15-3-6-17(24)7-4-15/h3-4,6-9,12,14,18H,5,10-11,13,26H2,1-2H3,(H,27,28). The number of nitrogens with two attached hydrogens (primary N) is 1. The van der Waals surface area contributed by atoms with Crippen molar-refractivity contribution in [3.05, 3.63) is 79.9 Å². The maximum Gasteiger partial charge on any atom is 0.324 e. The Morgan fingerprint density at radius 3 is 2.67 bits per heavy atom. The summed E-state index contributed by atoms with van der Waals surface area (Å²) < 4.78 is 7.24. The van der Waals surface area contributed by atoms with Crippen molar-refractivity contribution < 1.29 is 14.4 Å². The van der Waals surface area contributed by atoms with Crippen molar-refractivity contribution in [2.45, 2.75) is 51.8 Å². The number of benzene rings is 1. The lowest BCUT2D eigenvalue weighted by atomic mass is 10.1. The molecule has 0 fully saturated rings. The van der Waals surface area contributed by atoms with Crippen LogP contribution >= 0.6 is 23.2 Å². The summed E-state index contributed by atoms with van der Waals surface area (Å²) in [5.41, 5.74) is 0.983. The lowest BCUT2D eigenvalue weighted by Gasteiger charge is -2.24. The first-order valence-electron chi connectivity index (χ1n) is 10.5. The molecule has 1 aromatic heterocycles. The van der Waals surface area contributed by atoms with Gasteiger partial charge >= 0.3 is 5.97 Å². The molecule has 0 radical (unpaired) electrons. The molecule has 0 saturated carbocycles. The van der Waals surface area contributed by atoms with E-state index in [2.05, 4.69) is 15.1 Å². The lowest BCUT2D eigenvalue weighted by molar-refractivity contribution is -0.144. The number of nitrogens with one attached hydrogen (secondary N) is 1. The highest BCUT2D eigenvalue weighted by Gasteiger charge is 2.20. The quantitative estimate of drug-likeness (QED) is 0.510. The number of halogens is 2. The van der Waals surface area contributed by atoms with Gasteiger partial charge in [-0.25, -0.2) is 4.98 Å². The van der Waals surface area contributed by atoms with Crippen LogP contribution in [0.15, 0.2) is 58.2 Å². The summed E-state index contributed by atoms with van der Waals surface area (Å²) >= 11 is 12.4. The van der Waals surface area contributed by atoms with Gasteiger partial charge in [0.15, 0.2) is 0 Å². The van der Waals surface area contributed by atoms with Crippen molar-refractivity contribution >= 4 is 35.1 Å². The first-order valence-corrected chi connectivity index (χ1v) is 11.2. The summed E-state index contributed by atoms with van der Waals surface area (Å²) in [7, 11) is 0. The van der Waals surface area contributed by atoms with Crippen molar-refractivity contribution in [1.29, 1.82) is 0 Å². The number of hydrogen-bond donors (Lipinski definition) is 2. The number of aryl methyl sites for hydroxylation is 1. The number of nitrogens with zero attached hydrogens (tertiary/aromatic N) is 2. The van der Waals surface area contributed by atoms with Gasteiger partial charge in [0.1, 0.15) is 5.76 Å². The molecule has 1 aromatic carbocycles. The molecule has 0 amide bonds. The highest BCUT2D eigenvalue weighted by molar-refractivity contribution is 6.30. The average Bonchev–Trinajstić information content (AvgIpc) is 2.78. The van der Waals surface area contributed by atoms with Crippen molar-refractivity contribution in [3.8, 4) is 0 Å². The van der Waals surface area contributed by atoms with Crippen LogP contribution < -0.4 is 16.8 Å². The Balaban J connectivity index is 1.87. The minimum absolute atomic E-state index is 0.0122. The molecular weight excluding hydrogens is 467 g/mol. The zero-order valence-corrected chi connectivity index (χ0v) is 19.9. The van der Waals surface area contributed by atoms with Gasteiger partial charge in [0, 0.05) is 23.2 Å². The van der Waals surface area contributed by atoms with Gasteiger partial charge in [0.25, 0.3) is 5.56 Å². The van der Waals surface area contributed by atoms with E-state index in [9.17, 15) is 9.59 Å². The fourth-order valence-electron chi connectivity index (χ4n) is 3.31. The molecule has 1 aliphatic carbocycles. The number of hydrogen-bond acceptors (Lipinski definition) is 7. The van der Waals surface area contributed by atoms with Crippen LogP contribution in [0.3, 0.4) is 0 Å². The van der Waals surface area contributed by atoms with Crippen LogP contribution in [-0.4, -0.2) is 27.7 Å². The Morgan fingerprint density at radius 2 is 2.03 bits per heavy atom. The van der Waals surface area contributed by atoms with E-state index >= 15 is 0 Å². The van der Waals surface area contributed by atoms with Crippen molar-refractivity contribution in [1.82, 2.24) is 9.55 Å². The molecule has 1 heterocycles. The van der Waals surface area contributed by atoms with Crippen LogP contribution in [0.4, 0.5) is 5.95 Å². The summed E-state index contributed by atoms with van der Waals surface area (Å²) in [6.45, 7) is 4.13. The van der Waals surface area contributed by atoms with E-state index in [1.807, 2.05) is 38.1 Å². The maximum atomic E-state index is 13.2. The van der Waals surface area contributed by atoms with Crippen LogP contribution in [0.1, 0.15) is 37.8 Å². The second kappa shape index (κ2) is 11.4. The minimum Gasteiger partial charge on any atom is -0.490 e. The van der Waals surface area contributed by atoms with Crippen LogP contribution in [0.5, 0.6) is 0 Å². The van der Waals surface area contributed by atoms with Crippen molar-refractivity contribution in [3.63, 3.8) is 0 Å². The van der Waals surface area contributed by atoms with Crippen LogP contribution in [-0.2, 0) is 27.3 Å². The van der Waals surface area contributed by atoms with Gasteiger partial charge in [-0.15, -0.1) is 0 Å². The van der Waals surface area contributed by atoms with Crippen molar-refractivity contribution in [2.75, 3.05) is 5.32 Å². The Labute approximate surface area is 201 Å². The number of anilines is 1. The molecule has 1 atom stereocenters. The van der Waals surface area contributed by atoms with Gasteiger partial charge in [0.2, 0.25) is 5.95 Å². The van der Waals surface area contributed by atoms with Gasteiger partial charge < -0.3 is 14.9 Å².